The Kier molecular flexibility index (Phi) is 6.71. The van der Waals surface area contributed by atoms with Crippen LogP contribution in [0.4, 0.5) is 10.5 Å². The molecular formula is C26H24ClNO8. The van der Waals surface area contributed by atoms with Crippen molar-refractivity contribution < 1.29 is 39.5 Å². The molecule has 10 heteroatoms. The molecule has 0 saturated carbocycles. The predicted molar refractivity (Wildman–Crippen MR) is 132 cm³/mol. The van der Waals surface area contributed by atoms with Crippen molar-refractivity contribution in [2.75, 3.05) is 11.9 Å². The van der Waals surface area contributed by atoms with E-state index in [4.69, 9.17) is 21.1 Å². The zero-order chi connectivity index (χ0) is 26.2. The summed E-state index contributed by atoms with van der Waals surface area (Å²) >= 11 is 5.74. The van der Waals surface area contributed by atoms with Gasteiger partial charge in [0.15, 0.2) is 17.3 Å². The molecule has 0 radical (unpaired) electrons. The highest BCUT2D eigenvalue weighted by atomic mass is 35.5. The molecule has 2 aromatic carbocycles. The van der Waals surface area contributed by atoms with E-state index in [1.807, 2.05) is 0 Å². The van der Waals surface area contributed by atoms with Gasteiger partial charge >= 0.3 is 6.09 Å². The van der Waals surface area contributed by atoms with Crippen molar-refractivity contribution in [3.05, 3.63) is 81.8 Å². The lowest BCUT2D eigenvalue weighted by atomic mass is 9.85. The Morgan fingerprint density at radius 3 is 2.56 bits per heavy atom. The molecule has 3 aliphatic rings. The van der Waals surface area contributed by atoms with Crippen LogP contribution in [0.1, 0.15) is 25.0 Å². The number of hydrogen-bond donors (Lipinski definition) is 5. The van der Waals surface area contributed by atoms with Gasteiger partial charge in [0.2, 0.25) is 11.5 Å². The molecule has 1 atom stereocenters. The summed E-state index contributed by atoms with van der Waals surface area (Å²) in [6.45, 7) is 3.46. The van der Waals surface area contributed by atoms with E-state index in [-0.39, 0.29) is 36.4 Å². The van der Waals surface area contributed by atoms with Crippen LogP contribution in [0.25, 0.3) is 5.57 Å². The number of allylic oxidation sites excluding steroid dienone is 2. The Morgan fingerprint density at radius 2 is 1.86 bits per heavy atom. The van der Waals surface area contributed by atoms with Gasteiger partial charge in [-0.2, -0.15) is 0 Å². The van der Waals surface area contributed by atoms with E-state index in [1.54, 1.807) is 38.1 Å². The van der Waals surface area contributed by atoms with E-state index in [2.05, 4.69) is 5.32 Å². The smallest absolute Gasteiger partial charge is 0.411 e. The van der Waals surface area contributed by atoms with Crippen LogP contribution in [-0.2, 0) is 20.7 Å². The topological polar surface area (TPSA) is 146 Å². The Morgan fingerprint density at radius 1 is 1.14 bits per heavy atom. The number of ether oxygens (including phenoxy) is 2. The number of rotatable bonds is 2. The van der Waals surface area contributed by atoms with Gasteiger partial charge in [-0.15, -0.1) is 0 Å². The maximum absolute atomic E-state index is 11.5. The van der Waals surface area contributed by atoms with Crippen LogP contribution in [0.3, 0.4) is 0 Å². The van der Waals surface area contributed by atoms with Crippen LogP contribution in [0.5, 0.6) is 11.5 Å². The average Bonchev–Trinajstić information content (AvgIpc) is 3.07. The molecule has 9 nitrogen and oxygen atoms in total. The molecule has 1 aliphatic heterocycles. The highest BCUT2D eigenvalue weighted by molar-refractivity contribution is 6.30. The molecule has 1 heterocycles. The fraction of sp³-hybridized carbons (Fsp3) is 0.231. The molecular weight excluding hydrogens is 490 g/mol. The molecule has 36 heavy (non-hydrogen) atoms. The zero-order valence-corrected chi connectivity index (χ0v) is 20.2. The summed E-state index contributed by atoms with van der Waals surface area (Å²) in [4.78, 5) is 22.7. The number of carbonyl (C=O) groups excluding carboxylic acids is 2. The lowest BCUT2D eigenvalue weighted by Gasteiger charge is -2.33. The molecule has 0 fully saturated rings. The number of ketones is 1. The number of aliphatic hydroxyl groups excluding tert-OH is 1. The molecule has 2 aliphatic carbocycles. The second kappa shape index (κ2) is 9.60. The summed E-state index contributed by atoms with van der Waals surface area (Å²) in [5, 5.41) is 43.2. The summed E-state index contributed by atoms with van der Waals surface area (Å²) in [6.07, 6.45) is 2.30. The van der Waals surface area contributed by atoms with Crippen molar-refractivity contribution in [2.45, 2.75) is 32.0 Å². The van der Waals surface area contributed by atoms with Gasteiger partial charge < -0.3 is 29.9 Å². The van der Waals surface area contributed by atoms with E-state index in [0.717, 1.165) is 0 Å². The first kappa shape index (κ1) is 25.2. The average molecular weight is 514 g/mol. The highest BCUT2D eigenvalue weighted by Gasteiger charge is 2.47. The standard InChI is InChI=1S/C16H12O6.C10H12ClNO2/c17-10-2-1-8-13-9-4-12(19)11(18)3-7(9)5-16(13,21)6-22-15(8)14(10)20;1-7(2)14-10(13)12-9-5-3-4-8(11)6-9/h1-4,18-21H,5-6H2;3-7H,1-2H3,(H,12,13). The molecule has 188 valence electrons. The molecule has 1 amide bonds. The number of hydrogen-bond acceptors (Lipinski definition) is 8. The lowest BCUT2D eigenvalue weighted by Crippen LogP contribution is -2.39. The molecule has 5 rings (SSSR count). The van der Waals surface area contributed by atoms with Gasteiger partial charge in [0.1, 0.15) is 12.2 Å². The highest BCUT2D eigenvalue weighted by Crippen LogP contribution is 2.50. The minimum absolute atomic E-state index is 0.0348. The maximum atomic E-state index is 11.5. The summed E-state index contributed by atoms with van der Waals surface area (Å²) in [7, 11) is 0. The van der Waals surface area contributed by atoms with Crippen LogP contribution in [0.2, 0.25) is 5.02 Å². The number of phenolic OH excluding ortho intramolecular Hbond substituents is 2. The minimum atomic E-state index is -1.33. The fourth-order valence-electron chi connectivity index (χ4n) is 4.19. The molecule has 2 aromatic rings. The SMILES string of the molecule is CC(C)OC(=O)Nc1cccc(Cl)c1.O=C1C=CC2=C3c4cc(O)c(O)cc4CC3(O)COC2=C1O. The first-order valence-electron chi connectivity index (χ1n) is 11.0. The van der Waals surface area contributed by atoms with E-state index in [0.29, 0.717) is 33.0 Å². The van der Waals surface area contributed by atoms with E-state index in [1.165, 1.54) is 24.3 Å². The quantitative estimate of drug-likeness (QED) is 0.372. The normalized spacial score (nSPS) is 19.6. The monoisotopic (exact) mass is 513 g/mol. The third kappa shape index (κ3) is 4.89. The number of benzene rings is 2. The number of nitrogens with one attached hydrogen (secondary N) is 1. The second-order valence-electron chi connectivity index (χ2n) is 8.75. The Bertz CT molecular complexity index is 1340. The first-order chi connectivity index (χ1) is 17.0. The van der Waals surface area contributed by atoms with Gasteiger partial charge in [-0.3, -0.25) is 10.1 Å². The van der Waals surface area contributed by atoms with Crippen molar-refractivity contribution in [1.29, 1.82) is 0 Å². The molecule has 0 spiro atoms. The van der Waals surface area contributed by atoms with Crippen LogP contribution in [0.15, 0.2) is 65.6 Å². The number of phenols is 2. The van der Waals surface area contributed by atoms with Crippen LogP contribution < -0.4 is 5.32 Å². The van der Waals surface area contributed by atoms with Crippen LogP contribution in [-0.4, -0.2) is 50.6 Å². The van der Waals surface area contributed by atoms with Crippen LogP contribution >= 0.6 is 11.6 Å². The number of amides is 1. The molecule has 0 bridgehead atoms. The number of halogens is 1. The first-order valence-corrected chi connectivity index (χ1v) is 11.4. The Balaban J connectivity index is 0.000000189. The van der Waals surface area contributed by atoms with Crippen molar-refractivity contribution >= 4 is 34.7 Å². The Hall–Kier alpha value is -3.95. The Labute approximate surface area is 211 Å². The third-order valence-corrected chi connectivity index (χ3v) is 5.89. The summed E-state index contributed by atoms with van der Waals surface area (Å²) in [5.74, 6) is -1.58. The molecule has 0 aromatic heterocycles. The van der Waals surface area contributed by atoms with E-state index >= 15 is 0 Å². The number of fused-ring (bicyclic) bond motifs is 4. The zero-order valence-electron chi connectivity index (χ0n) is 19.4. The lowest BCUT2D eigenvalue weighted by molar-refractivity contribution is -0.114. The number of aliphatic hydroxyl groups is 2. The van der Waals surface area contributed by atoms with Gasteiger partial charge in [-0.05, 0) is 67.5 Å². The third-order valence-electron chi connectivity index (χ3n) is 5.65. The summed E-state index contributed by atoms with van der Waals surface area (Å²) in [6, 6.07) is 9.66. The van der Waals surface area contributed by atoms with Crippen molar-refractivity contribution in [3.8, 4) is 11.5 Å². The van der Waals surface area contributed by atoms with Crippen molar-refractivity contribution in [2.24, 2.45) is 0 Å². The second-order valence-corrected chi connectivity index (χ2v) is 9.18. The molecule has 1 unspecified atom stereocenters. The van der Waals surface area contributed by atoms with Gasteiger partial charge in [0.05, 0.1) is 6.10 Å². The van der Waals surface area contributed by atoms with Crippen LogP contribution in [0, 0.1) is 0 Å². The predicted octanol–water partition coefficient (Wildman–Crippen LogP) is 4.37. The summed E-state index contributed by atoms with van der Waals surface area (Å²) < 4.78 is 10.3. The fourth-order valence-corrected chi connectivity index (χ4v) is 4.38. The van der Waals surface area contributed by atoms with E-state index < -0.39 is 23.2 Å². The number of carbonyl (C=O) groups is 2. The number of anilines is 1. The summed E-state index contributed by atoms with van der Waals surface area (Å²) in [5.41, 5.74) is 1.43. The van der Waals surface area contributed by atoms with Gasteiger partial charge in [-0.1, -0.05) is 17.7 Å². The minimum Gasteiger partial charge on any atom is -0.504 e. The maximum Gasteiger partial charge on any atom is 0.411 e. The van der Waals surface area contributed by atoms with E-state index in [9.17, 15) is 30.0 Å². The number of aromatic hydroxyl groups is 2. The van der Waals surface area contributed by atoms with Crippen molar-refractivity contribution in [1.82, 2.24) is 0 Å². The molecule has 0 saturated heterocycles. The van der Waals surface area contributed by atoms with Gasteiger partial charge in [-0.25, -0.2) is 4.79 Å². The molecule has 5 N–H and O–H groups in total. The largest absolute Gasteiger partial charge is 0.504 e. The van der Waals surface area contributed by atoms with Gasteiger partial charge in [0.25, 0.3) is 0 Å². The van der Waals surface area contributed by atoms with Crippen molar-refractivity contribution in [3.63, 3.8) is 0 Å². The van der Waals surface area contributed by atoms with Gasteiger partial charge in [0, 0.05) is 28.3 Å².